The monoisotopic (exact) mass is 319 g/mol. The van der Waals surface area contributed by atoms with Gasteiger partial charge in [0.05, 0.1) is 13.2 Å². The second-order valence-electron chi connectivity index (χ2n) is 6.01. The Morgan fingerprint density at radius 2 is 2.04 bits per heavy atom. The normalized spacial score (nSPS) is 19.0. The Balaban J connectivity index is 1.51. The predicted octanol–water partition coefficient (Wildman–Crippen LogP) is 3.20. The molecule has 4 nitrogen and oxygen atoms in total. The Morgan fingerprint density at radius 1 is 1.22 bits per heavy atom. The van der Waals surface area contributed by atoms with Crippen LogP contribution in [0.3, 0.4) is 0 Å². The highest BCUT2D eigenvalue weighted by Crippen LogP contribution is 2.22. The number of piperidine rings is 1. The van der Waals surface area contributed by atoms with Gasteiger partial charge >= 0.3 is 0 Å². The molecule has 124 valence electrons. The first-order valence-corrected chi connectivity index (χ1v) is 8.02. The molecule has 2 aromatic rings. The van der Waals surface area contributed by atoms with Crippen LogP contribution in [0, 0.1) is 11.7 Å². The van der Waals surface area contributed by atoms with Crippen molar-refractivity contribution in [2.75, 3.05) is 19.7 Å². The molecule has 3 rings (SSSR count). The first-order chi connectivity index (χ1) is 11.2. The molecule has 23 heavy (non-hydrogen) atoms. The Morgan fingerprint density at radius 3 is 2.83 bits per heavy atom. The lowest BCUT2D eigenvalue weighted by molar-refractivity contribution is 0.116. The molecule has 0 unspecified atom stereocenters. The third kappa shape index (κ3) is 4.33. The summed E-state index contributed by atoms with van der Waals surface area (Å²) in [5, 5.41) is 9.04. The van der Waals surface area contributed by atoms with Gasteiger partial charge in [0.2, 0.25) is 0 Å². The van der Waals surface area contributed by atoms with Crippen LogP contribution >= 0.6 is 0 Å². The van der Waals surface area contributed by atoms with E-state index in [1.165, 1.54) is 6.07 Å². The summed E-state index contributed by atoms with van der Waals surface area (Å²) in [6.07, 6.45) is 2.18. The summed E-state index contributed by atoms with van der Waals surface area (Å²) in [5.74, 6) is 1.85. The summed E-state index contributed by atoms with van der Waals surface area (Å²) in [7, 11) is 0. The Kier molecular flexibility index (Phi) is 5.31. The number of ether oxygens (including phenoxy) is 1. The van der Waals surface area contributed by atoms with Crippen molar-refractivity contribution >= 4 is 0 Å². The predicted molar refractivity (Wildman–Crippen MR) is 84.5 cm³/mol. The maximum absolute atomic E-state index is 13.6. The van der Waals surface area contributed by atoms with Gasteiger partial charge in [-0.15, -0.1) is 0 Å². The molecule has 0 aliphatic carbocycles. The van der Waals surface area contributed by atoms with Crippen molar-refractivity contribution in [2.24, 2.45) is 5.92 Å². The Hall–Kier alpha value is -1.85. The highest BCUT2D eigenvalue weighted by Gasteiger charge is 2.21. The van der Waals surface area contributed by atoms with Crippen LogP contribution in [0.4, 0.5) is 4.39 Å². The first kappa shape index (κ1) is 16.0. The molecular formula is C18H22FNO3. The van der Waals surface area contributed by atoms with Crippen LogP contribution in [-0.2, 0) is 13.2 Å². The van der Waals surface area contributed by atoms with E-state index in [4.69, 9.17) is 14.3 Å². The number of likely N-dealkylation sites (tertiary alicyclic amines) is 1. The van der Waals surface area contributed by atoms with Crippen LogP contribution in [0.2, 0.25) is 0 Å². The zero-order chi connectivity index (χ0) is 16.1. The molecule has 1 aliphatic rings. The van der Waals surface area contributed by atoms with Crippen molar-refractivity contribution in [1.82, 2.24) is 4.90 Å². The molecule has 1 saturated heterocycles. The van der Waals surface area contributed by atoms with E-state index < -0.39 is 0 Å². The molecule has 1 atom stereocenters. The second kappa shape index (κ2) is 7.62. The van der Waals surface area contributed by atoms with Gasteiger partial charge in [0, 0.05) is 12.5 Å². The van der Waals surface area contributed by atoms with E-state index in [0.717, 1.165) is 38.2 Å². The molecular weight excluding hydrogens is 297 g/mol. The molecule has 1 fully saturated rings. The first-order valence-electron chi connectivity index (χ1n) is 8.02. The molecule has 0 radical (unpaired) electrons. The number of nitrogens with zero attached hydrogens (tertiary/aromatic N) is 1. The number of furan rings is 1. The molecule has 0 spiro atoms. The summed E-state index contributed by atoms with van der Waals surface area (Å²) < 4.78 is 24.8. The molecule has 1 aromatic heterocycles. The summed E-state index contributed by atoms with van der Waals surface area (Å²) in [6, 6.07) is 10.2. The Bertz CT molecular complexity index is 628. The van der Waals surface area contributed by atoms with Gasteiger partial charge in [-0.3, -0.25) is 4.90 Å². The number of rotatable bonds is 6. The standard InChI is InChI=1S/C18H22FNO3/c19-17-5-1-2-6-18(17)22-13-14-4-3-9-20(10-14)11-15-7-8-16(12-21)23-15/h1-2,5-8,14,21H,3-4,9-13H2/t14-/m1/s1. The van der Waals surface area contributed by atoms with Gasteiger partial charge in [-0.2, -0.15) is 0 Å². The van der Waals surface area contributed by atoms with Gasteiger partial charge < -0.3 is 14.3 Å². The van der Waals surface area contributed by atoms with E-state index in [0.29, 0.717) is 24.0 Å². The fraction of sp³-hybridized carbons (Fsp3) is 0.444. The van der Waals surface area contributed by atoms with Crippen molar-refractivity contribution in [3.05, 3.63) is 53.7 Å². The topological polar surface area (TPSA) is 45.8 Å². The van der Waals surface area contributed by atoms with Crippen molar-refractivity contribution in [3.63, 3.8) is 0 Å². The van der Waals surface area contributed by atoms with E-state index in [1.54, 1.807) is 24.3 Å². The highest BCUT2D eigenvalue weighted by molar-refractivity contribution is 5.23. The fourth-order valence-electron chi connectivity index (χ4n) is 3.01. The largest absolute Gasteiger partial charge is 0.490 e. The maximum Gasteiger partial charge on any atom is 0.165 e. The molecule has 2 heterocycles. The van der Waals surface area contributed by atoms with Crippen molar-refractivity contribution in [2.45, 2.75) is 26.0 Å². The van der Waals surface area contributed by atoms with Gasteiger partial charge in [-0.25, -0.2) is 4.39 Å². The average Bonchev–Trinajstić information content (AvgIpc) is 3.02. The zero-order valence-corrected chi connectivity index (χ0v) is 13.1. The van der Waals surface area contributed by atoms with E-state index in [9.17, 15) is 4.39 Å². The highest BCUT2D eigenvalue weighted by atomic mass is 19.1. The third-order valence-electron chi connectivity index (χ3n) is 4.17. The van der Waals surface area contributed by atoms with E-state index >= 15 is 0 Å². The van der Waals surface area contributed by atoms with Gasteiger partial charge in [0.1, 0.15) is 18.1 Å². The van der Waals surface area contributed by atoms with Crippen LogP contribution in [0.15, 0.2) is 40.8 Å². The van der Waals surface area contributed by atoms with Crippen LogP contribution in [0.1, 0.15) is 24.4 Å². The molecule has 1 aromatic carbocycles. The minimum Gasteiger partial charge on any atom is -0.490 e. The fourth-order valence-corrected chi connectivity index (χ4v) is 3.01. The minimum absolute atomic E-state index is 0.0703. The van der Waals surface area contributed by atoms with Gasteiger partial charge in [0.15, 0.2) is 11.6 Å². The number of halogens is 1. The second-order valence-corrected chi connectivity index (χ2v) is 6.01. The van der Waals surface area contributed by atoms with Gasteiger partial charge in [-0.05, 0) is 43.7 Å². The van der Waals surface area contributed by atoms with Gasteiger partial charge in [0.25, 0.3) is 0 Å². The van der Waals surface area contributed by atoms with Crippen LogP contribution in [-0.4, -0.2) is 29.7 Å². The van der Waals surface area contributed by atoms with Gasteiger partial charge in [-0.1, -0.05) is 12.1 Å². The van der Waals surface area contributed by atoms with Crippen molar-refractivity contribution in [3.8, 4) is 5.75 Å². The third-order valence-corrected chi connectivity index (χ3v) is 4.17. The number of para-hydroxylation sites is 1. The summed E-state index contributed by atoms with van der Waals surface area (Å²) in [5.41, 5.74) is 0. The molecule has 0 amide bonds. The van der Waals surface area contributed by atoms with Crippen molar-refractivity contribution < 1.29 is 18.7 Å². The maximum atomic E-state index is 13.6. The number of aliphatic hydroxyl groups is 1. The van der Waals surface area contributed by atoms with Crippen molar-refractivity contribution in [1.29, 1.82) is 0 Å². The lowest BCUT2D eigenvalue weighted by Crippen LogP contribution is -2.37. The summed E-state index contributed by atoms with van der Waals surface area (Å²) in [6.45, 7) is 3.11. The molecule has 1 aliphatic heterocycles. The molecule has 0 saturated carbocycles. The number of benzene rings is 1. The molecule has 5 heteroatoms. The average molecular weight is 319 g/mol. The molecule has 1 N–H and O–H groups in total. The van der Waals surface area contributed by atoms with E-state index in [1.807, 2.05) is 6.07 Å². The van der Waals surface area contributed by atoms with Crippen LogP contribution < -0.4 is 4.74 Å². The quantitative estimate of drug-likeness (QED) is 0.888. The zero-order valence-electron chi connectivity index (χ0n) is 13.1. The van der Waals surface area contributed by atoms with Crippen LogP contribution in [0.25, 0.3) is 0 Å². The SMILES string of the molecule is OCc1ccc(CN2CCC[C@@H](COc3ccccc3F)C2)o1. The number of hydrogen-bond acceptors (Lipinski definition) is 4. The Labute approximate surface area is 135 Å². The van der Waals surface area contributed by atoms with E-state index in [-0.39, 0.29) is 12.4 Å². The summed E-state index contributed by atoms with van der Waals surface area (Å²) >= 11 is 0. The lowest BCUT2D eigenvalue weighted by atomic mass is 9.99. The van der Waals surface area contributed by atoms with Crippen LogP contribution in [0.5, 0.6) is 5.75 Å². The smallest absolute Gasteiger partial charge is 0.165 e. The number of hydrogen-bond donors (Lipinski definition) is 1. The summed E-state index contributed by atoms with van der Waals surface area (Å²) in [4.78, 5) is 2.32. The molecule has 0 bridgehead atoms. The van der Waals surface area contributed by atoms with E-state index in [2.05, 4.69) is 4.90 Å². The number of aliphatic hydroxyl groups excluding tert-OH is 1. The lowest BCUT2D eigenvalue weighted by Gasteiger charge is -2.32. The minimum atomic E-state index is -0.313.